The smallest absolute Gasteiger partial charge is 0.228 e. The molecule has 4 nitrogen and oxygen atoms in total. The number of furan rings is 2. The molecule has 1 aliphatic rings. The number of hydrogen-bond acceptors (Lipinski definition) is 4. The van der Waals surface area contributed by atoms with Crippen molar-refractivity contribution >= 4 is 54.8 Å². The van der Waals surface area contributed by atoms with Gasteiger partial charge in [-0.3, -0.25) is 4.98 Å². The van der Waals surface area contributed by atoms with Gasteiger partial charge in [0, 0.05) is 27.9 Å². The molecule has 0 fully saturated rings. The largest absolute Gasteiger partial charge is 0.454 e. The first kappa shape index (κ1) is 11.2. The standard InChI is InChI=1S/C20H8N2O2/c1-2-9-4-5-11-15-14(9)10(3-1)19-17-12(6-7-21-19)24-20-18(17)16(15)13(23-11)8-22-20/h1-8H. The molecule has 24 heavy (non-hydrogen) atoms. The molecule has 0 atom stereocenters. The molecule has 0 spiro atoms. The van der Waals surface area contributed by atoms with Crippen molar-refractivity contribution in [2.75, 3.05) is 0 Å². The zero-order valence-corrected chi connectivity index (χ0v) is 12.3. The Hall–Kier alpha value is -3.40. The molecule has 4 aromatic heterocycles. The van der Waals surface area contributed by atoms with Crippen LogP contribution in [0, 0.1) is 0 Å². The highest BCUT2D eigenvalue weighted by molar-refractivity contribution is 6.35. The van der Waals surface area contributed by atoms with Crippen LogP contribution in [-0.2, 0) is 0 Å². The topological polar surface area (TPSA) is 52.1 Å². The predicted molar refractivity (Wildman–Crippen MR) is 93.1 cm³/mol. The Morgan fingerprint density at radius 2 is 1.58 bits per heavy atom. The van der Waals surface area contributed by atoms with Gasteiger partial charge in [0.15, 0.2) is 5.58 Å². The minimum absolute atomic E-state index is 0.638. The number of benzene rings is 2. The number of aromatic nitrogens is 2. The SMILES string of the molecule is c1cc2c3c(c1)ccc1oc4cnc5oc6ccnc-2c6c5c4c13. The van der Waals surface area contributed by atoms with Gasteiger partial charge in [-0.15, -0.1) is 0 Å². The highest BCUT2D eigenvalue weighted by Crippen LogP contribution is 2.48. The van der Waals surface area contributed by atoms with Gasteiger partial charge in [-0.05, 0) is 17.5 Å². The Bertz CT molecular complexity index is 1500. The summed E-state index contributed by atoms with van der Waals surface area (Å²) >= 11 is 0. The summed E-state index contributed by atoms with van der Waals surface area (Å²) in [6, 6.07) is 12.4. The van der Waals surface area contributed by atoms with Gasteiger partial charge in [-0.25, -0.2) is 4.98 Å². The van der Waals surface area contributed by atoms with E-state index in [9.17, 15) is 0 Å². The van der Waals surface area contributed by atoms with E-state index in [-0.39, 0.29) is 0 Å². The van der Waals surface area contributed by atoms with E-state index in [4.69, 9.17) is 13.8 Å². The van der Waals surface area contributed by atoms with E-state index in [1.54, 1.807) is 12.4 Å². The van der Waals surface area contributed by atoms with E-state index in [0.717, 1.165) is 49.6 Å². The molecule has 1 aliphatic carbocycles. The Balaban J connectivity index is 2.06. The Labute approximate surface area is 134 Å². The zero-order chi connectivity index (χ0) is 15.4. The van der Waals surface area contributed by atoms with Crippen LogP contribution in [0.1, 0.15) is 0 Å². The summed E-state index contributed by atoms with van der Waals surface area (Å²) in [5.41, 5.74) is 5.19. The fourth-order valence-electron chi connectivity index (χ4n) is 4.20. The van der Waals surface area contributed by atoms with Gasteiger partial charge >= 0.3 is 0 Å². The maximum atomic E-state index is 6.08. The molecule has 2 aromatic carbocycles. The van der Waals surface area contributed by atoms with Crippen LogP contribution in [-0.4, -0.2) is 9.97 Å². The summed E-state index contributed by atoms with van der Waals surface area (Å²) < 4.78 is 12.1. The Morgan fingerprint density at radius 3 is 2.58 bits per heavy atom. The van der Waals surface area contributed by atoms with Crippen LogP contribution in [0.15, 0.2) is 57.6 Å². The summed E-state index contributed by atoms with van der Waals surface area (Å²) in [6.45, 7) is 0. The van der Waals surface area contributed by atoms with Crippen molar-refractivity contribution < 1.29 is 8.83 Å². The molecule has 4 heteroatoms. The van der Waals surface area contributed by atoms with Crippen LogP contribution in [0.25, 0.3) is 66.0 Å². The van der Waals surface area contributed by atoms with Crippen molar-refractivity contribution in [1.29, 1.82) is 0 Å². The second kappa shape index (κ2) is 3.41. The minimum atomic E-state index is 0.638. The number of nitrogens with zero attached hydrogens (tertiary/aromatic N) is 2. The van der Waals surface area contributed by atoms with E-state index in [1.807, 2.05) is 12.1 Å². The highest BCUT2D eigenvalue weighted by atomic mass is 16.3. The van der Waals surface area contributed by atoms with Crippen molar-refractivity contribution in [3.8, 4) is 11.3 Å². The van der Waals surface area contributed by atoms with Crippen molar-refractivity contribution in [2.45, 2.75) is 0 Å². The first-order valence-electron chi connectivity index (χ1n) is 7.85. The van der Waals surface area contributed by atoms with Gasteiger partial charge in [-0.1, -0.05) is 24.3 Å². The highest BCUT2D eigenvalue weighted by Gasteiger charge is 2.25. The van der Waals surface area contributed by atoms with Crippen molar-refractivity contribution in [1.82, 2.24) is 9.97 Å². The fourth-order valence-corrected chi connectivity index (χ4v) is 4.20. The van der Waals surface area contributed by atoms with Crippen LogP contribution < -0.4 is 0 Å². The third-order valence-corrected chi connectivity index (χ3v) is 5.11. The molecule has 6 aromatic rings. The summed E-state index contributed by atoms with van der Waals surface area (Å²) in [7, 11) is 0. The Morgan fingerprint density at radius 1 is 0.667 bits per heavy atom. The predicted octanol–water partition coefficient (Wildman–Crippen LogP) is 5.41. The molecule has 7 rings (SSSR count). The van der Waals surface area contributed by atoms with E-state index in [2.05, 4.69) is 29.2 Å². The van der Waals surface area contributed by atoms with E-state index in [1.165, 1.54) is 10.8 Å². The summed E-state index contributed by atoms with van der Waals surface area (Å²) in [6.07, 6.45) is 3.56. The zero-order valence-electron chi connectivity index (χ0n) is 12.3. The number of pyridine rings is 2. The molecule has 0 unspecified atom stereocenters. The third-order valence-electron chi connectivity index (χ3n) is 5.11. The van der Waals surface area contributed by atoms with Crippen molar-refractivity contribution in [3.63, 3.8) is 0 Å². The molecule has 0 amide bonds. The molecular formula is C20H8N2O2. The molecule has 0 saturated carbocycles. The fraction of sp³-hybridized carbons (Fsp3) is 0. The second-order valence-electron chi connectivity index (χ2n) is 6.26. The molecule has 0 radical (unpaired) electrons. The van der Waals surface area contributed by atoms with Crippen LogP contribution in [0.3, 0.4) is 0 Å². The van der Waals surface area contributed by atoms with Gasteiger partial charge in [0.05, 0.1) is 22.7 Å². The number of fused-ring (bicyclic) bond motifs is 1. The lowest BCUT2D eigenvalue weighted by atomic mass is 9.98. The first-order valence-corrected chi connectivity index (χ1v) is 7.85. The van der Waals surface area contributed by atoms with E-state index < -0.39 is 0 Å². The second-order valence-corrected chi connectivity index (χ2v) is 6.26. The van der Waals surface area contributed by atoms with Crippen LogP contribution in [0.4, 0.5) is 0 Å². The summed E-state index contributed by atoms with van der Waals surface area (Å²) in [4.78, 5) is 9.17. The van der Waals surface area contributed by atoms with Gasteiger partial charge in [0.25, 0.3) is 0 Å². The average molecular weight is 308 g/mol. The van der Waals surface area contributed by atoms with Crippen LogP contribution >= 0.6 is 0 Å². The maximum Gasteiger partial charge on any atom is 0.228 e. The lowest BCUT2D eigenvalue weighted by Crippen LogP contribution is -1.85. The third kappa shape index (κ3) is 1.04. The van der Waals surface area contributed by atoms with Gasteiger partial charge in [0.1, 0.15) is 11.2 Å². The monoisotopic (exact) mass is 308 g/mol. The lowest BCUT2D eigenvalue weighted by molar-refractivity contribution is 0.648. The van der Waals surface area contributed by atoms with Crippen LogP contribution in [0.5, 0.6) is 0 Å². The average Bonchev–Trinajstić information content (AvgIpc) is 3.14. The lowest BCUT2D eigenvalue weighted by Gasteiger charge is -2.06. The number of hydrogen-bond donors (Lipinski definition) is 0. The summed E-state index contributed by atoms with van der Waals surface area (Å²) in [5, 5.41) is 6.63. The summed E-state index contributed by atoms with van der Waals surface area (Å²) in [5.74, 6) is 0. The van der Waals surface area contributed by atoms with Gasteiger partial charge in [0.2, 0.25) is 5.71 Å². The van der Waals surface area contributed by atoms with Gasteiger partial charge in [-0.2, -0.15) is 0 Å². The number of rotatable bonds is 0. The molecular weight excluding hydrogens is 300 g/mol. The normalized spacial score (nSPS) is 13.0. The quantitative estimate of drug-likeness (QED) is 0.376. The minimum Gasteiger partial charge on any atom is -0.454 e. The molecule has 0 saturated heterocycles. The molecule has 0 bridgehead atoms. The molecule has 0 N–H and O–H groups in total. The van der Waals surface area contributed by atoms with Gasteiger partial charge < -0.3 is 8.83 Å². The molecule has 0 aliphatic heterocycles. The van der Waals surface area contributed by atoms with E-state index >= 15 is 0 Å². The van der Waals surface area contributed by atoms with Crippen molar-refractivity contribution in [2.24, 2.45) is 0 Å². The Kier molecular flexibility index (Phi) is 1.59. The van der Waals surface area contributed by atoms with Crippen molar-refractivity contribution in [3.05, 3.63) is 48.8 Å². The molecule has 110 valence electrons. The first-order chi connectivity index (χ1) is 11.9. The van der Waals surface area contributed by atoms with Crippen LogP contribution in [0.2, 0.25) is 0 Å². The van der Waals surface area contributed by atoms with E-state index in [0.29, 0.717) is 5.71 Å². The maximum absolute atomic E-state index is 6.08. The molecule has 4 heterocycles.